The number of nitrogens with one attached hydrogen (secondary N) is 2. The molecule has 2 N–H and O–H groups in total. The summed E-state index contributed by atoms with van der Waals surface area (Å²) >= 11 is 0. The van der Waals surface area contributed by atoms with E-state index in [0.717, 1.165) is 51.4 Å². The number of aliphatic imine (C=N–C) groups is 1. The fraction of sp³-hybridized carbons (Fsp3) is 0.933. The van der Waals surface area contributed by atoms with Crippen molar-refractivity contribution in [1.82, 2.24) is 14.9 Å². The fourth-order valence-corrected chi connectivity index (χ4v) is 2.90. The van der Waals surface area contributed by atoms with Crippen LogP contribution >= 0.6 is 24.0 Å². The lowest BCUT2D eigenvalue weighted by Crippen LogP contribution is -2.40. The first kappa shape index (κ1) is 26.1. The highest BCUT2D eigenvalue weighted by Crippen LogP contribution is 1.98. The van der Waals surface area contributed by atoms with Crippen LogP contribution in [0.15, 0.2) is 4.99 Å². The van der Waals surface area contributed by atoms with Gasteiger partial charge in [-0.25, -0.2) is 12.7 Å². The van der Waals surface area contributed by atoms with Crippen molar-refractivity contribution < 1.29 is 13.2 Å². The molecule has 0 fully saturated rings. The molecular weight excluding hydrogens is 443 g/mol. The predicted octanol–water partition coefficient (Wildman–Crippen LogP) is 1.65. The van der Waals surface area contributed by atoms with Crippen LogP contribution in [0.4, 0.5) is 0 Å². The van der Waals surface area contributed by atoms with E-state index in [1.54, 1.807) is 7.05 Å². The van der Waals surface area contributed by atoms with Crippen molar-refractivity contribution in [2.45, 2.75) is 39.5 Å². The molecule has 0 aliphatic carbocycles. The van der Waals surface area contributed by atoms with Crippen LogP contribution in [0.1, 0.15) is 39.5 Å². The number of hydrogen-bond donors (Lipinski definition) is 2. The van der Waals surface area contributed by atoms with Crippen LogP contribution in [0.2, 0.25) is 0 Å². The zero-order chi connectivity index (χ0) is 17.6. The second kappa shape index (κ2) is 16.3. The van der Waals surface area contributed by atoms with Gasteiger partial charge in [0.2, 0.25) is 10.0 Å². The number of unbranched alkanes of at least 4 members (excludes halogenated alkanes) is 1. The van der Waals surface area contributed by atoms with Gasteiger partial charge in [0.15, 0.2) is 5.96 Å². The van der Waals surface area contributed by atoms with Gasteiger partial charge in [0.1, 0.15) is 0 Å². The first-order valence-electron chi connectivity index (χ1n) is 8.43. The Kier molecular flexibility index (Phi) is 17.8. The van der Waals surface area contributed by atoms with E-state index in [0.29, 0.717) is 19.6 Å². The Bertz CT molecular complexity index is 419. The number of sulfonamides is 1. The molecule has 0 saturated heterocycles. The Morgan fingerprint density at radius 1 is 1.08 bits per heavy atom. The fourth-order valence-electron chi connectivity index (χ4n) is 1.97. The van der Waals surface area contributed by atoms with Crippen LogP contribution in [0.5, 0.6) is 0 Å². The minimum Gasteiger partial charge on any atom is -0.381 e. The quantitative estimate of drug-likeness (QED) is 0.182. The molecule has 24 heavy (non-hydrogen) atoms. The molecule has 0 bridgehead atoms. The lowest BCUT2D eigenvalue weighted by atomic mass is 10.4. The van der Waals surface area contributed by atoms with Crippen LogP contribution in [-0.4, -0.2) is 71.4 Å². The first-order chi connectivity index (χ1) is 11.0. The molecule has 0 aromatic rings. The molecule has 0 radical (unpaired) electrons. The van der Waals surface area contributed by atoms with E-state index in [9.17, 15) is 8.42 Å². The van der Waals surface area contributed by atoms with E-state index in [-0.39, 0.29) is 24.0 Å². The molecule has 7 nitrogen and oxygen atoms in total. The number of hydrogen-bond acceptors (Lipinski definition) is 4. The molecule has 0 amide bonds. The summed E-state index contributed by atoms with van der Waals surface area (Å²) in [4.78, 5) is 4.14. The largest absolute Gasteiger partial charge is 0.381 e. The number of rotatable bonds is 13. The summed E-state index contributed by atoms with van der Waals surface area (Å²) in [5.74, 6) is 0.737. The molecule has 0 aliphatic heterocycles. The van der Waals surface area contributed by atoms with Gasteiger partial charge in [-0.2, -0.15) is 0 Å². The Balaban J connectivity index is 0. The second-order valence-corrected chi connectivity index (χ2v) is 7.34. The minimum absolute atomic E-state index is 0. The molecule has 0 aromatic heterocycles. The summed E-state index contributed by atoms with van der Waals surface area (Å²) in [7, 11) is -1.38. The molecule has 0 unspecified atom stereocenters. The number of nitrogens with zero attached hydrogens (tertiary/aromatic N) is 2. The van der Waals surface area contributed by atoms with Gasteiger partial charge in [0.25, 0.3) is 0 Å². The van der Waals surface area contributed by atoms with Crippen molar-refractivity contribution in [2.24, 2.45) is 4.99 Å². The Morgan fingerprint density at radius 3 is 2.17 bits per heavy atom. The second-order valence-electron chi connectivity index (χ2n) is 5.35. The topological polar surface area (TPSA) is 83.0 Å². The Labute approximate surface area is 165 Å². The van der Waals surface area contributed by atoms with Gasteiger partial charge < -0.3 is 15.4 Å². The Hall–Kier alpha value is -0.130. The molecule has 0 saturated carbocycles. The number of guanidine groups is 1. The van der Waals surface area contributed by atoms with Gasteiger partial charge in [-0.05, 0) is 19.3 Å². The maximum absolute atomic E-state index is 11.5. The first-order valence-corrected chi connectivity index (χ1v) is 10.3. The van der Waals surface area contributed by atoms with Crippen molar-refractivity contribution in [2.75, 3.05) is 52.7 Å². The van der Waals surface area contributed by atoms with Gasteiger partial charge in [-0.1, -0.05) is 20.3 Å². The number of ether oxygens (including phenoxy) is 1. The lowest BCUT2D eigenvalue weighted by molar-refractivity contribution is 0.129. The van der Waals surface area contributed by atoms with Crippen molar-refractivity contribution >= 4 is 40.0 Å². The van der Waals surface area contributed by atoms with E-state index < -0.39 is 10.0 Å². The third kappa shape index (κ3) is 14.2. The van der Waals surface area contributed by atoms with Crippen LogP contribution in [0, 0.1) is 0 Å². The molecule has 0 aliphatic rings. The van der Waals surface area contributed by atoms with Crippen LogP contribution < -0.4 is 10.6 Å². The third-order valence-corrected chi connectivity index (χ3v) is 4.70. The molecular formula is C15H35IN4O3S. The highest BCUT2D eigenvalue weighted by atomic mass is 127. The average Bonchev–Trinajstić information content (AvgIpc) is 2.50. The van der Waals surface area contributed by atoms with Crippen LogP contribution in [0.25, 0.3) is 0 Å². The van der Waals surface area contributed by atoms with E-state index in [1.165, 1.54) is 10.6 Å². The highest BCUT2D eigenvalue weighted by molar-refractivity contribution is 14.0. The highest BCUT2D eigenvalue weighted by Gasteiger charge is 2.13. The SMILES string of the molecule is CCCCOCCCNC(=NC)NCCCN(CC)S(C)(=O)=O.I. The van der Waals surface area contributed by atoms with Crippen molar-refractivity contribution in [3.05, 3.63) is 0 Å². The molecule has 0 spiro atoms. The maximum Gasteiger partial charge on any atom is 0.211 e. The Morgan fingerprint density at radius 2 is 1.67 bits per heavy atom. The molecule has 0 heterocycles. The van der Waals surface area contributed by atoms with Gasteiger partial charge >= 0.3 is 0 Å². The summed E-state index contributed by atoms with van der Waals surface area (Å²) in [5.41, 5.74) is 0. The minimum atomic E-state index is -3.10. The van der Waals surface area contributed by atoms with Crippen LogP contribution in [-0.2, 0) is 14.8 Å². The average molecular weight is 478 g/mol. The smallest absolute Gasteiger partial charge is 0.211 e. The maximum atomic E-state index is 11.5. The summed E-state index contributed by atoms with van der Waals surface area (Å²) in [6, 6.07) is 0. The summed E-state index contributed by atoms with van der Waals surface area (Å²) in [5, 5.41) is 6.41. The molecule has 146 valence electrons. The molecule has 0 atom stereocenters. The monoisotopic (exact) mass is 478 g/mol. The zero-order valence-electron chi connectivity index (χ0n) is 15.5. The molecule has 9 heteroatoms. The van der Waals surface area contributed by atoms with E-state index in [2.05, 4.69) is 22.5 Å². The summed E-state index contributed by atoms with van der Waals surface area (Å²) < 4.78 is 29.9. The normalized spacial score (nSPS) is 12.1. The summed E-state index contributed by atoms with van der Waals surface area (Å²) in [6.45, 7) is 8.08. The van der Waals surface area contributed by atoms with Crippen molar-refractivity contribution in [1.29, 1.82) is 0 Å². The third-order valence-electron chi connectivity index (χ3n) is 3.32. The van der Waals surface area contributed by atoms with Gasteiger partial charge in [0, 0.05) is 46.4 Å². The lowest BCUT2D eigenvalue weighted by Gasteiger charge is -2.18. The van der Waals surface area contributed by atoms with Crippen molar-refractivity contribution in [3.8, 4) is 0 Å². The number of halogens is 1. The van der Waals surface area contributed by atoms with Gasteiger partial charge in [-0.3, -0.25) is 4.99 Å². The zero-order valence-corrected chi connectivity index (χ0v) is 18.7. The van der Waals surface area contributed by atoms with E-state index >= 15 is 0 Å². The van der Waals surface area contributed by atoms with E-state index in [1.807, 2.05) is 6.92 Å². The van der Waals surface area contributed by atoms with Gasteiger partial charge in [-0.15, -0.1) is 24.0 Å². The van der Waals surface area contributed by atoms with Gasteiger partial charge in [0.05, 0.1) is 6.26 Å². The van der Waals surface area contributed by atoms with Crippen molar-refractivity contribution in [3.63, 3.8) is 0 Å². The standard InChI is InChI=1S/C15H34N4O3S.HI/c1-5-7-13-22-14-9-11-18-15(16-3)17-10-8-12-19(6-2)23(4,20)21;/h5-14H2,1-4H3,(H2,16,17,18);1H. The predicted molar refractivity (Wildman–Crippen MR) is 112 cm³/mol. The molecule has 0 aromatic carbocycles. The summed E-state index contributed by atoms with van der Waals surface area (Å²) in [6.07, 6.45) is 5.18. The van der Waals surface area contributed by atoms with Crippen LogP contribution in [0.3, 0.4) is 0 Å². The van der Waals surface area contributed by atoms with E-state index in [4.69, 9.17) is 4.74 Å². The molecule has 0 rings (SSSR count).